The minimum atomic E-state index is -0.258. The van der Waals surface area contributed by atoms with Crippen molar-refractivity contribution in [1.29, 1.82) is 0 Å². The van der Waals surface area contributed by atoms with Gasteiger partial charge in [-0.25, -0.2) is 0 Å². The summed E-state index contributed by atoms with van der Waals surface area (Å²) in [5, 5.41) is 3.79. The highest BCUT2D eigenvalue weighted by Crippen LogP contribution is 2.29. The number of carbonyl (C=O) groups excluding carboxylic acids is 1. The second-order valence-corrected chi connectivity index (χ2v) is 8.62. The standard InChI is InChI=1S/C24H28N2O3/c1-15(2)16-6-9-18(10-7-16)29-14-23(28)25-17-8-11-19-20(24(3,4)5)13-22(27)26-21(19)12-17/h6-13,15H,14H2,1-5H3,(H,25,28)(H,26,27). The fourth-order valence-corrected chi connectivity index (χ4v) is 3.25. The largest absolute Gasteiger partial charge is 0.484 e. The van der Waals surface area contributed by atoms with Gasteiger partial charge in [-0.3, -0.25) is 9.59 Å². The van der Waals surface area contributed by atoms with Gasteiger partial charge in [-0.15, -0.1) is 0 Å². The zero-order valence-electron chi connectivity index (χ0n) is 17.6. The van der Waals surface area contributed by atoms with E-state index in [-0.39, 0.29) is 23.5 Å². The lowest BCUT2D eigenvalue weighted by molar-refractivity contribution is -0.118. The number of fused-ring (bicyclic) bond motifs is 1. The maximum atomic E-state index is 12.3. The minimum Gasteiger partial charge on any atom is -0.484 e. The fourth-order valence-electron chi connectivity index (χ4n) is 3.25. The van der Waals surface area contributed by atoms with E-state index in [1.165, 1.54) is 5.56 Å². The molecule has 29 heavy (non-hydrogen) atoms. The first-order valence-electron chi connectivity index (χ1n) is 9.83. The Bertz CT molecular complexity index is 1070. The second-order valence-electron chi connectivity index (χ2n) is 8.62. The summed E-state index contributed by atoms with van der Waals surface area (Å²) < 4.78 is 5.58. The Balaban J connectivity index is 1.71. The summed E-state index contributed by atoms with van der Waals surface area (Å²) in [5.74, 6) is 0.847. The Labute approximate surface area is 171 Å². The molecule has 0 bridgehead atoms. The number of carbonyl (C=O) groups is 1. The monoisotopic (exact) mass is 392 g/mol. The van der Waals surface area contributed by atoms with Crippen LogP contribution in [0.2, 0.25) is 0 Å². The molecule has 0 aliphatic carbocycles. The molecule has 0 spiro atoms. The van der Waals surface area contributed by atoms with Crippen molar-refractivity contribution in [2.24, 2.45) is 0 Å². The predicted octanol–water partition coefficient (Wildman–Crippen LogP) is 4.97. The number of aromatic nitrogens is 1. The van der Waals surface area contributed by atoms with Crippen molar-refractivity contribution in [3.63, 3.8) is 0 Å². The third kappa shape index (κ3) is 5.05. The van der Waals surface area contributed by atoms with Gasteiger partial charge in [-0.1, -0.05) is 52.8 Å². The van der Waals surface area contributed by atoms with Crippen LogP contribution in [-0.4, -0.2) is 17.5 Å². The maximum absolute atomic E-state index is 12.3. The van der Waals surface area contributed by atoms with E-state index in [2.05, 4.69) is 44.9 Å². The molecule has 0 saturated heterocycles. The van der Waals surface area contributed by atoms with E-state index < -0.39 is 0 Å². The van der Waals surface area contributed by atoms with Crippen molar-refractivity contribution >= 4 is 22.5 Å². The van der Waals surface area contributed by atoms with Gasteiger partial charge in [-0.2, -0.15) is 0 Å². The molecular weight excluding hydrogens is 364 g/mol. The number of hydrogen-bond acceptors (Lipinski definition) is 3. The van der Waals surface area contributed by atoms with Crippen LogP contribution in [0.5, 0.6) is 5.75 Å². The Hall–Kier alpha value is -3.08. The minimum absolute atomic E-state index is 0.0857. The topological polar surface area (TPSA) is 71.2 Å². The molecule has 2 N–H and O–H groups in total. The highest BCUT2D eigenvalue weighted by Gasteiger charge is 2.18. The number of nitrogens with one attached hydrogen (secondary N) is 2. The number of pyridine rings is 1. The highest BCUT2D eigenvalue weighted by molar-refractivity contribution is 5.95. The van der Waals surface area contributed by atoms with Crippen molar-refractivity contribution in [2.75, 3.05) is 11.9 Å². The van der Waals surface area contributed by atoms with E-state index in [9.17, 15) is 9.59 Å². The van der Waals surface area contributed by atoms with Crippen LogP contribution in [0.25, 0.3) is 10.9 Å². The lowest BCUT2D eigenvalue weighted by atomic mass is 9.85. The third-order valence-electron chi connectivity index (χ3n) is 4.85. The number of anilines is 1. The van der Waals surface area contributed by atoms with Gasteiger partial charge in [0.25, 0.3) is 5.91 Å². The molecule has 0 radical (unpaired) electrons. The predicted molar refractivity (Wildman–Crippen MR) is 118 cm³/mol. The molecule has 0 aliphatic rings. The Morgan fingerprint density at radius 2 is 1.76 bits per heavy atom. The Morgan fingerprint density at radius 3 is 2.38 bits per heavy atom. The average molecular weight is 392 g/mol. The molecule has 152 valence electrons. The first-order valence-corrected chi connectivity index (χ1v) is 9.83. The summed E-state index contributed by atoms with van der Waals surface area (Å²) in [7, 11) is 0. The number of ether oxygens (including phenoxy) is 1. The summed E-state index contributed by atoms with van der Waals surface area (Å²) in [6, 6.07) is 14.9. The smallest absolute Gasteiger partial charge is 0.262 e. The summed E-state index contributed by atoms with van der Waals surface area (Å²) in [6.07, 6.45) is 0. The van der Waals surface area contributed by atoms with Crippen LogP contribution >= 0.6 is 0 Å². The van der Waals surface area contributed by atoms with Gasteiger partial charge in [0.1, 0.15) is 5.75 Å². The van der Waals surface area contributed by atoms with E-state index in [0.29, 0.717) is 22.9 Å². The second kappa shape index (κ2) is 8.11. The summed E-state index contributed by atoms with van der Waals surface area (Å²) in [6.45, 7) is 10.4. The number of benzene rings is 2. The van der Waals surface area contributed by atoms with Gasteiger partial charge in [0.15, 0.2) is 6.61 Å². The SMILES string of the molecule is CC(C)c1ccc(OCC(=O)Nc2ccc3c(C(C)(C)C)cc(=O)[nH]c3c2)cc1. The molecule has 1 aromatic heterocycles. The molecule has 1 heterocycles. The number of H-pyrrole nitrogens is 1. The quantitative estimate of drug-likeness (QED) is 0.644. The Morgan fingerprint density at radius 1 is 1.07 bits per heavy atom. The number of amides is 1. The summed E-state index contributed by atoms with van der Waals surface area (Å²) >= 11 is 0. The normalized spacial score (nSPS) is 11.7. The van der Waals surface area contributed by atoms with E-state index >= 15 is 0 Å². The molecule has 1 amide bonds. The Kier molecular flexibility index (Phi) is 5.78. The summed E-state index contributed by atoms with van der Waals surface area (Å²) in [5.41, 5.74) is 3.20. The molecule has 3 rings (SSSR count). The van der Waals surface area contributed by atoms with Crippen molar-refractivity contribution in [3.8, 4) is 5.75 Å². The molecule has 0 aliphatic heterocycles. The lowest BCUT2D eigenvalue weighted by Gasteiger charge is -2.21. The van der Waals surface area contributed by atoms with Gasteiger partial charge < -0.3 is 15.0 Å². The van der Waals surface area contributed by atoms with Gasteiger partial charge in [0, 0.05) is 17.1 Å². The van der Waals surface area contributed by atoms with Crippen LogP contribution in [0.3, 0.4) is 0 Å². The number of aromatic amines is 1. The zero-order valence-corrected chi connectivity index (χ0v) is 17.6. The average Bonchev–Trinajstić information content (AvgIpc) is 2.65. The van der Waals surface area contributed by atoms with E-state index in [1.54, 1.807) is 12.1 Å². The molecule has 5 heteroatoms. The third-order valence-corrected chi connectivity index (χ3v) is 4.85. The van der Waals surface area contributed by atoms with Crippen molar-refractivity contribution in [1.82, 2.24) is 4.98 Å². The molecule has 5 nitrogen and oxygen atoms in total. The van der Waals surface area contributed by atoms with Gasteiger partial charge in [-0.05, 0) is 46.7 Å². The van der Waals surface area contributed by atoms with E-state index in [0.717, 1.165) is 10.9 Å². The maximum Gasteiger partial charge on any atom is 0.262 e. The molecule has 0 saturated carbocycles. The fraction of sp³-hybridized carbons (Fsp3) is 0.333. The first kappa shape index (κ1) is 20.6. The van der Waals surface area contributed by atoms with Crippen LogP contribution in [-0.2, 0) is 10.2 Å². The van der Waals surface area contributed by atoms with Crippen LogP contribution < -0.4 is 15.6 Å². The zero-order chi connectivity index (χ0) is 21.2. The van der Waals surface area contributed by atoms with Crippen LogP contribution in [0.1, 0.15) is 51.7 Å². The van der Waals surface area contributed by atoms with Crippen molar-refractivity contribution in [2.45, 2.75) is 46.0 Å². The molecular formula is C24H28N2O3. The molecule has 3 aromatic rings. The van der Waals surface area contributed by atoms with Crippen LogP contribution in [0.15, 0.2) is 53.3 Å². The van der Waals surface area contributed by atoms with Gasteiger partial charge in [0.05, 0.1) is 5.52 Å². The molecule has 0 unspecified atom stereocenters. The van der Waals surface area contributed by atoms with Crippen LogP contribution in [0.4, 0.5) is 5.69 Å². The van der Waals surface area contributed by atoms with E-state index in [4.69, 9.17) is 4.74 Å². The molecule has 0 atom stereocenters. The van der Waals surface area contributed by atoms with Crippen LogP contribution in [0, 0.1) is 0 Å². The van der Waals surface area contributed by atoms with E-state index in [1.807, 2.05) is 36.4 Å². The van der Waals surface area contributed by atoms with Gasteiger partial charge >= 0.3 is 0 Å². The summed E-state index contributed by atoms with van der Waals surface area (Å²) in [4.78, 5) is 27.2. The molecule has 2 aromatic carbocycles. The molecule has 0 fully saturated rings. The lowest BCUT2D eigenvalue weighted by Crippen LogP contribution is -2.20. The number of rotatable bonds is 5. The highest BCUT2D eigenvalue weighted by atomic mass is 16.5. The first-order chi connectivity index (χ1) is 13.6. The van der Waals surface area contributed by atoms with Gasteiger partial charge in [0.2, 0.25) is 5.56 Å². The number of hydrogen-bond donors (Lipinski definition) is 2. The van der Waals surface area contributed by atoms with Crippen molar-refractivity contribution < 1.29 is 9.53 Å². The van der Waals surface area contributed by atoms with Crippen molar-refractivity contribution in [3.05, 3.63) is 70.0 Å².